The molecule has 0 atom stereocenters. The summed E-state index contributed by atoms with van der Waals surface area (Å²) in [5.74, 6) is 0. The number of nitrogens with zero attached hydrogens (tertiary/aromatic N) is 2. The molecule has 6 nitrogen and oxygen atoms in total. The van der Waals surface area contributed by atoms with Crippen molar-refractivity contribution < 1.29 is 16.8 Å². The van der Waals surface area contributed by atoms with Crippen molar-refractivity contribution in [3.05, 3.63) is 59.7 Å². The highest BCUT2D eigenvalue weighted by atomic mass is 32.3. The van der Waals surface area contributed by atoms with Crippen LogP contribution in [0.5, 0.6) is 0 Å². The molecule has 2 aromatic rings. The molecule has 2 aromatic carbocycles. The van der Waals surface area contributed by atoms with Gasteiger partial charge in [-0.3, -0.25) is 4.90 Å². The Balaban J connectivity index is 1.91. The van der Waals surface area contributed by atoms with Gasteiger partial charge in [-0.15, -0.1) is 0 Å². The van der Waals surface area contributed by atoms with Crippen LogP contribution in [-0.2, 0) is 25.2 Å². The number of piperazine rings is 1. The van der Waals surface area contributed by atoms with Crippen LogP contribution in [0.3, 0.4) is 0 Å². The minimum atomic E-state index is -4.02. The van der Waals surface area contributed by atoms with E-state index in [2.05, 4.69) is 9.80 Å². The summed E-state index contributed by atoms with van der Waals surface area (Å²) in [6, 6.07) is 13.6. The number of sulfone groups is 2. The summed E-state index contributed by atoms with van der Waals surface area (Å²) in [6.07, 6.45) is 0. The Morgan fingerprint density at radius 1 is 0.778 bits per heavy atom. The number of hydrogen-bond acceptors (Lipinski definition) is 6. The van der Waals surface area contributed by atoms with Crippen LogP contribution in [0.2, 0.25) is 0 Å². The number of hydrogen-bond donors (Lipinski definition) is 0. The molecule has 8 heteroatoms. The van der Waals surface area contributed by atoms with E-state index in [1.165, 1.54) is 0 Å². The first-order valence-electron chi connectivity index (χ1n) is 8.93. The van der Waals surface area contributed by atoms with Crippen molar-refractivity contribution >= 4 is 19.7 Å². The van der Waals surface area contributed by atoms with Crippen molar-refractivity contribution in [2.45, 2.75) is 19.9 Å². The van der Waals surface area contributed by atoms with Crippen LogP contribution in [0.4, 0.5) is 0 Å². The van der Waals surface area contributed by atoms with Crippen molar-refractivity contribution in [2.24, 2.45) is 0 Å². The molecule has 5 rings (SSSR count). The van der Waals surface area contributed by atoms with Crippen LogP contribution < -0.4 is 0 Å². The molecule has 142 valence electrons. The molecule has 3 heterocycles. The van der Waals surface area contributed by atoms with Gasteiger partial charge in [-0.05, 0) is 30.3 Å². The van der Waals surface area contributed by atoms with Gasteiger partial charge in [-0.1, -0.05) is 36.4 Å². The highest BCUT2D eigenvalue weighted by molar-refractivity contribution is 8.09. The maximum atomic E-state index is 13.4. The van der Waals surface area contributed by atoms with Crippen molar-refractivity contribution in [3.63, 3.8) is 0 Å². The second-order valence-corrected chi connectivity index (χ2v) is 11.8. The molecule has 1 fully saturated rings. The molecule has 27 heavy (non-hydrogen) atoms. The van der Waals surface area contributed by atoms with Gasteiger partial charge in [-0.25, -0.2) is 16.8 Å². The Bertz CT molecular complexity index is 1070. The lowest BCUT2D eigenvalue weighted by Gasteiger charge is -2.45. The largest absolute Gasteiger partial charge is 0.304 e. The summed E-state index contributed by atoms with van der Waals surface area (Å²) in [5, 5.41) is 0. The third-order valence-corrected chi connectivity index (χ3v) is 11.4. The van der Waals surface area contributed by atoms with Gasteiger partial charge in [0.2, 0.25) is 0 Å². The zero-order valence-electron chi connectivity index (χ0n) is 14.9. The fourth-order valence-electron chi connectivity index (χ4n) is 4.95. The smallest absolute Gasteiger partial charge is 0.198 e. The molecular formula is C19H20N2O4S2. The maximum Gasteiger partial charge on any atom is 0.198 e. The van der Waals surface area contributed by atoms with Gasteiger partial charge >= 0.3 is 0 Å². The monoisotopic (exact) mass is 404 g/mol. The maximum absolute atomic E-state index is 13.4. The lowest BCUT2D eigenvalue weighted by Crippen LogP contribution is -2.58. The number of likely N-dealkylation sites (N-methyl/N-ethyl adjacent to an activating group) is 1. The predicted octanol–water partition coefficient (Wildman–Crippen LogP) is 1.08. The van der Waals surface area contributed by atoms with E-state index in [9.17, 15) is 16.8 Å². The van der Waals surface area contributed by atoms with Gasteiger partial charge in [-0.2, -0.15) is 0 Å². The van der Waals surface area contributed by atoms with Gasteiger partial charge in [0.05, 0.1) is 9.79 Å². The Hall–Kier alpha value is -1.74. The molecule has 0 bridgehead atoms. The standard InChI is InChI=1S/C19H20N2O4S2/c1-20-10-12-21(13-11-20)19-14-6-2-4-8-16(14)26(22,23)18(19)27(24,25)17-9-5-3-7-15(17)19/h2-9,18H,10-13H2,1H3. The average Bonchev–Trinajstić information content (AvgIpc) is 3.01. The summed E-state index contributed by atoms with van der Waals surface area (Å²) in [6.45, 7) is 2.75. The van der Waals surface area contributed by atoms with E-state index < -0.39 is 29.8 Å². The van der Waals surface area contributed by atoms with E-state index in [-0.39, 0.29) is 9.79 Å². The van der Waals surface area contributed by atoms with Crippen LogP contribution >= 0.6 is 0 Å². The first-order valence-corrected chi connectivity index (χ1v) is 12.0. The molecule has 0 aromatic heterocycles. The summed E-state index contributed by atoms with van der Waals surface area (Å²) < 4.78 is 52.3. The molecular weight excluding hydrogens is 384 g/mol. The Morgan fingerprint density at radius 2 is 1.22 bits per heavy atom. The lowest BCUT2D eigenvalue weighted by atomic mass is 9.82. The fourth-order valence-corrected chi connectivity index (χ4v) is 10.7. The van der Waals surface area contributed by atoms with Gasteiger partial charge in [0.25, 0.3) is 0 Å². The normalized spacial score (nSPS) is 31.2. The molecule has 1 saturated heterocycles. The summed E-state index contributed by atoms with van der Waals surface area (Å²) in [5.41, 5.74) is 0.00714. The Kier molecular flexibility index (Phi) is 3.48. The average molecular weight is 405 g/mol. The van der Waals surface area contributed by atoms with Crippen molar-refractivity contribution in [3.8, 4) is 0 Å². The third-order valence-electron chi connectivity index (χ3n) is 6.12. The number of benzene rings is 2. The minimum Gasteiger partial charge on any atom is -0.304 e. The second kappa shape index (κ2) is 5.41. The van der Waals surface area contributed by atoms with Crippen LogP contribution in [-0.4, -0.2) is 64.4 Å². The van der Waals surface area contributed by atoms with E-state index in [0.717, 1.165) is 13.1 Å². The molecule has 0 aliphatic carbocycles. The Labute approximate surface area is 159 Å². The zero-order chi connectivity index (χ0) is 19.0. The Morgan fingerprint density at radius 3 is 1.70 bits per heavy atom. The number of rotatable bonds is 1. The molecule has 0 spiro atoms. The van der Waals surface area contributed by atoms with E-state index in [1.807, 2.05) is 7.05 Å². The van der Waals surface area contributed by atoms with Crippen LogP contribution in [0.1, 0.15) is 11.1 Å². The fraction of sp³-hybridized carbons (Fsp3) is 0.368. The van der Waals surface area contributed by atoms with Gasteiger partial charge in [0.15, 0.2) is 24.3 Å². The molecule has 0 unspecified atom stereocenters. The summed E-state index contributed by atoms with van der Waals surface area (Å²) in [4.78, 5) is 4.54. The van der Waals surface area contributed by atoms with E-state index in [0.29, 0.717) is 24.2 Å². The molecule has 0 N–H and O–H groups in total. The van der Waals surface area contributed by atoms with Crippen molar-refractivity contribution in [1.82, 2.24) is 9.80 Å². The van der Waals surface area contributed by atoms with Gasteiger partial charge in [0.1, 0.15) is 5.54 Å². The van der Waals surface area contributed by atoms with E-state index >= 15 is 0 Å². The second-order valence-electron chi connectivity index (χ2n) is 7.47. The summed E-state index contributed by atoms with van der Waals surface area (Å²) in [7, 11) is -6.03. The van der Waals surface area contributed by atoms with Gasteiger partial charge in [0, 0.05) is 26.2 Å². The quantitative estimate of drug-likeness (QED) is 0.708. The summed E-state index contributed by atoms with van der Waals surface area (Å²) >= 11 is 0. The molecule has 0 amide bonds. The lowest BCUT2D eigenvalue weighted by molar-refractivity contribution is 0.0724. The van der Waals surface area contributed by atoms with Crippen LogP contribution in [0.25, 0.3) is 0 Å². The zero-order valence-corrected chi connectivity index (χ0v) is 16.5. The van der Waals surface area contributed by atoms with Gasteiger partial charge < -0.3 is 4.90 Å². The van der Waals surface area contributed by atoms with E-state index in [4.69, 9.17) is 0 Å². The molecule has 3 aliphatic rings. The van der Waals surface area contributed by atoms with Crippen molar-refractivity contribution in [1.29, 1.82) is 0 Å². The highest BCUT2D eigenvalue weighted by Crippen LogP contribution is 2.59. The minimum absolute atomic E-state index is 0.145. The first kappa shape index (κ1) is 17.4. The van der Waals surface area contributed by atoms with Crippen LogP contribution in [0.15, 0.2) is 58.3 Å². The molecule has 3 aliphatic heterocycles. The SMILES string of the molecule is CN1CCN(C23c4ccccc4S(=O)(=O)C2S(=O)(=O)c2ccccc23)CC1. The van der Waals surface area contributed by atoms with Crippen molar-refractivity contribution in [2.75, 3.05) is 33.2 Å². The van der Waals surface area contributed by atoms with E-state index in [1.54, 1.807) is 48.5 Å². The highest BCUT2D eigenvalue weighted by Gasteiger charge is 2.70. The van der Waals surface area contributed by atoms with Crippen LogP contribution in [0, 0.1) is 0 Å². The topological polar surface area (TPSA) is 74.8 Å². The first-order chi connectivity index (χ1) is 12.8. The predicted molar refractivity (Wildman–Crippen MR) is 101 cm³/mol. The third kappa shape index (κ3) is 1.96. The number of fused-ring (bicyclic) bond motifs is 5. The molecule has 0 saturated carbocycles. The molecule has 0 radical (unpaired) electrons.